The largest absolute Gasteiger partial charge is 0.494 e. The number of sulfonamides is 1. The molecule has 3 aliphatic rings. The van der Waals surface area contributed by atoms with E-state index in [0.29, 0.717) is 13.1 Å². The molecule has 0 unspecified atom stereocenters. The highest BCUT2D eigenvalue weighted by Gasteiger charge is 2.37. The Morgan fingerprint density at radius 1 is 0.844 bits per heavy atom. The predicted molar refractivity (Wildman–Crippen MR) is 130 cm³/mol. The van der Waals surface area contributed by atoms with Crippen molar-refractivity contribution in [2.75, 3.05) is 65.2 Å². The van der Waals surface area contributed by atoms with Crippen LogP contribution in [0.2, 0.25) is 0 Å². The molecule has 0 radical (unpaired) electrons. The van der Waals surface area contributed by atoms with E-state index < -0.39 is 10.0 Å². The first-order chi connectivity index (χ1) is 15.4. The van der Waals surface area contributed by atoms with Crippen LogP contribution in [0, 0.1) is 0 Å². The minimum atomic E-state index is -3.08. The van der Waals surface area contributed by atoms with Crippen LogP contribution in [0.15, 0.2) is 24.3 Å². The van der Waals surface area contributed by atoms with Gasteiger partial charge in [-0.25, -0.2) is 8.42 Å². The molecule has 3 fully saturated rings. The molecule has 32 heavy (non-hydrogen) atoms. The lowest BCUT2D eigenvalue weighted by Gasteiger charge is -2.44. The quantitative estimate of drug-likeness (QED) is 0.526. The first-order valence-corrected chi connectivity index (χ1v) is 14.4. The molecule has 7 heteroatoms. The van der Waals surface area contributed by atoms with Crippen molar-refractivity contribution in [3.8, 4) is 5.75 Å². The second-order valence-electron chi connectivity index (χ2n) is 10.1. The number of hydrogen-bond donors (Lipinski definition) is 0. The van der Waals surface area contributed by atoms with E-state index in [9.17, 15) is 8.42 Å². The lowest BCUT2D eigenvalue weighted by molar-refractivity contribution is 0.129. The van der Waals surface area contributed by atoms with Gasteiger partial charge in [-0.05, 0) is 62.9 Å². The van der Waals surface area contributed by atoms with Crippen LogP contribution in [0.25, 0.3) is 0 Å². The Balaban J connectivity index is 1.33. The zero-order chi connectivity index (χ0) is 22.4. The van der Waals surface area contributed by atoms with Crippen LogP contribution in [0.4, 0.5) is 0 Å². The summed E-state index contributed by atoms with van der Waals surface area (Å²) in [4.78, 5) is 5.02. The summed E-state index contributed by atoms with van der Waals surface area (Å²) in [5, 5.41) is 0. The highest BCUT2D eigenvalue weighted by atomic mass is 32.2. The van der Waals surface area contributed by atoms with Crippen molar-refractivity contribution < 1.29 is 13.2 Å². The maximum Gasteiger partial charge on any atom is 0.211 e. The Hall–Kier alpha value is -1.15. The van der Waals surface area contributed by atoms with Crippen molar-refractivity contribution >= 4 is 10.0 Å². The van der Waals surface area contributed by atoms with Gasteiger partial charge in [-0.2, -0.15) is 4.31 Å². The molecule has 1 aliphatic carbocycles. The van der Waals surface area contributed by atoms with Crippen molar-refractivity contribution in [2.45, 2.75) is 56.8 Å². The lowest BCUT2D eigenvalue weighted by Crippen LogP contribution is -2.52. The summed E-state index contributed by atoms with van der Waals surface area (Å²) in [6.45, 7) is 8.33. The van der Waals surface area contributed by atoms with E-state index in [-0.39, 0.29) is 5.41 Å². The molecule has 180 valence electrons. The number of nitrogens with zero attached hydrogens (tertiary/aromatic N) is 3. The maximum atomic E-state index is 11.9. The average Bonchev–Trinajstić information content (AvgIpc) is 3.31. The van der Waals surface area contributed by atoms with E-state index in [0.717, 1.165) is 45.0 Å². The number of ether oxygens (including phenoxy) is 1. The predicted octanol–water partition coefficient (Wildman–Crippen LogP) is 3.33. The van der Waals surface area contributed by atoms with E-state index >= 15 is 0 Å². The monoisotopic (exact) mass is 463 g/mol. The van der Waals surface area contributed by atoms with Gasteiger partial charge >= 0.3 is 0 Å². The minimum Gasteiger partial charge on any atom is -0.494 e. The average molecular weight is 464 g/mol. The van der Waals surface area contributed by atoms with Gasteiger partial charge in [0, 0.05) is 44.7 Å². The van der Waals surface area contributed by atoms with Crippen LogP contribution in [-0.4, -0.2) is 87.7 Å². The molecular formula is C25H41N3O3S. The number of rotatable bonds is 9. The summed E-state index contributed by atoms with van der Waals surface area (Å²) in [7, 11) is -3.08. The van der Waals surface area contributed by atoms with E-state index in [1.165, 1.54) is 69.9 Å². The van der Waals surface area contributed by atoms with Crippen molar-refractivity contribution in [1.82, 2.24) is 14.1 Å². The number of hydrogen-bond acceptors (Lipinski definition) is 5. The molecule has 0 atom stereocenters. The fourth-order valence-electron chi connectivity index (χ4n) is 5.80. The van der Waals surface area contributed by atoms with E-state index in [2.05, 4.69) is 34.1 Å². The van der Waals surface area contributed by atoms with Gasteiger partial charge in [0.2, 0.25) is 10.0 Å². The SMILES string of the molecule is CS(=O)(=O)N1CCN(CC2(c3ccc(OCCCN4CCCC4)cc3)CCCCC2)CC1. The van der Waals surface area contributed by atoms with Crippen LogP contribution >= 0.6 is 0 Å². The Morgan fingerprint density at radius 2 is 1.50 bits per heavy atom. The summed E-state index contributed by atoms with van der Waals surface area (Å²) >= 11 is 0. The summed E-state index contributed by atoms with van der Waals surface area (Å²) in [6.07, 6.45) is 11.4. The molecular weight excluding hydrogens is 422 g/mol. The van der Waals surface area contributed by atoms with Crippen LogP contribution in [-0.2, 0) is 15.4 Å². The molecule has 0 bridgehead atoms. The standard InChI is InChI=1S/C25H41N3O3S/c1-32(29,30)28-19-17-27(18-20-28)22-25(12-3-2-4-13-25)23-8-10-24(11-9-23)31-21-7-16-26-14-5-6-15-26/h8-11H,2-7,12-22H2,1H3. The smallest absolute Gasteiger partial charge is 0.211 e. The third-order valence-electron chi connectivity index (χ3n) is 7.69. The first-order valence-electron chi connectivity index (χ1n) is 12.6. The van der Waals surface area contributed by atoms with Gasteiger partial charge in [-0.15, -0.1) is 0 Å². The summed E-state index contributed by atoms with van der Waals surface area (Å²) < 4.78 is 31.4. The Kier molecular flexibility index (Phi) is 8.13. The molecule has 0 spiro atoms. The van der Waals surface area contributed by atoms with Crippen LogP contribution in [0.1, 0.15) is 56.9 Å². The molecule has 2 saturated heterocycles. The normalized spacial score (nSPS) is 23.4. The fraction of sp³-hybridized carbons (Fsp3) is 0.760. The van der Waals surface area contributed by atoms with Gasteiger partial charge < -0.3 is 9.64 Å². The number of piperazine rings is 1. The second-order valence-corrected chi connectivity index (χ2v) is 12.0. The van der Waals surface area contributed by atoms with E-state index in [1.807, 2.05) is 0 Å². The minimum absolute atomic E-state index is 0.180. The Bertz CT molecular complexity index is 807. The third-order valence-corrected chi connectivity index (χ3v) is 8.99. The zero-order valence-electron chi connectivity index (χ0n) is 19.8. The molecule has 1 aromatic carbocycles. The van der Waals surface area contributed by atoms with Crippen LogP contribution < -0.4 is 4.74 Å². The maximum absolute atomic E-state index is 11.9. The van der Waals surface area contributed by atoms with Crippen LogP contribution in [0.5, 0.6) is 5.75 Å². The highest BCUT2D eigenvalue weighted by molar-refractivity contribution is 7.88. The Labute approximate surface area is 195 Å². The number of likely N-dealkylation sites (tertiary alicyclic amines) is 1. The molecule has 1 aromatic rings. The summed E-state index contributed by atoms with van der Waals surface area (Å²) in [6, 6.07) is 8.88. The molecule has 4 rings (SSSR count). The van der Waals surface area contributed by atoms with Crippen molar-refractivity contribution in [3.05, 3.63) is 29.8 Å². The van der Waals surface area contributed by atoms with Crippen molar-refractivity contribution in [3.63, 3.8) is 0 Å². The third kappa shape index (κ3) is 6.25. The molecule has 1 saturated carbocycles. The summed E-state index contributed by atoms with van der Waals surface area (Å²) in [5.74, 6) is 0.975. The molecule has 2 aliphatic heterocycles. The van der Waals surface area contributed by atoms with Crippen molar-refractivity contribution in [2.24, 2.45) is 0 Å². The molecule has 0 N–H and O–H groups in total. The Morgan fingerprint density at radius 3 is 2.12 bits per heavy atom. The van der Waals surface area contributed by atoms with Gasteiger partial charge in [-0.1, -0.05) is 31.4 Å². The first kappa shape index (κ1) is 24.0. The molecule has 6 nitrogen and oxygen atoms in total. The summed E-state index contributed by atoms with van der Waals surface area (Å²) in [5.41, 5.74) is 1.60. The van der Waals surface area contributed by atoms with Gasteiger partial charge in [0.05, 0.1) is 12.9 Å². The highest BCUT2D eigenvalue weighted by Crippen LogP contribution is 2.41. The topological polar surface area (TPSA) is 53.1 Å². The van der Waals surface area contributed by atoms with Gasteiger partial charge in [0.25, 0.3) is 0 Å². The fourth-order valence-corrected chi connectivity index (χ4v) is 6.63. The van der Waals surface area contributed by atoms with Crippen LogP contribution in [0.3, 0.4) is 0 Å². The van der Waals surface area contributed by atoms with E-state index in [4.69, 9.17) is 4.74 Å². The van der Waals surface area contributed by atoms with Gasteiger partial charge in [0.15, 0.2) is 0 Å². The lowest BCUT2D eigenvalue weighted by atomic mass is 9.69. The van der Waals surface area contributed by atoms with E-state index in [1.54, 1.807) is 4.31 Å². The molecule has 0 aromatic heterocycles. The zero-order valence-corrected chi connectivity index (χ0v) is 20.6. The van der Waals surface area contributed by atoms with Gasteiger partial charge in [-0.3, -0.25) is 4.90 Å². The second kappa shape index (κ2) is 10.9. The molecule has 2 heterocycles. The van der Waals surface area contributed by atoms with Gasteiger partial charge in [0.1, 0.15) is 5.75 Å². The molecule has 0 amide bonds. The number of benzene rings is 1. The van der Waals surface area contributed by atoms with Crippen molar-refractivity contribution in [1.29, 1.82) is 0 Å².